The predicted molar refractivity (Wildman–Crippen MR) is 112 cm³/mol. The Morgan fingerprint density at radius 2 is 1.76 bits per heavy atom. The van der Waals surface area contributed by atoms with Gasteiger partial charge in [-0.3, -0.25) is 0 Å². The molecule has 2 aromatic carbocycles. The SMILES string of the molecule is CCOc1ccc(CNS(=O)(=O)c2ccc3c(c2)CCC(C)(C)O3)cc1OCC. The number of rotatable bonds is 8. The molecule has 0 saturated carbocycles. The number of benzene rings is 2. The molecule has 0 atom stereocenters. The first-order chi connectivity index (χ1) is 13.7. The lowest BCUT2D eigenvalue weighted by atomic mass is 9.94. The summed E-state index contributed by atoms with van der Waals surface area (Å²) < 4.78 is 45.4. The van der Waals surface area contributed by atoms with Crippen LogP contribution in [0.5, 0.6) is 17.2 Å². The highest BCUT2D eigenvalue weighted by Crippen LogP contribution is 2.34. The number of fused-ring (bicyclic) bond motifs is 1. The summed E-state index contributed by atoms with van der Waals surface area (Å²) in [4.78, 5) is 0.246. The van der Waals surface area contributed by atoms with E-state index in [0.29, 0.717) is 24.7 Å². The fraction of sp³-hybridized carbons (Fsp3) is 0.455. The van der Waals surface area contributed by atoms with Crippen molar-refractivity contribution in [2.45, 2.75) is 57.6 Å². The van der Waals surface area contributed by atoms with Gasteiger partial charge in [0.1, 0.15) is 11.4 Å². The zero-order valence-corrected chi connectivity index (χ0v) is 18.3. The molecular formula is C22H29NO5S. The van der Waals surface area contributed by atoms with Crippen molar-refractivity contribution in [3.63, 3.8) is 0 Å². The van der Waals surface area contributed by atoms with E-state index in [1.54, 1.807) is 30.3 Å². The van der Waals surface area contributed by atoms with Gasteiger partial charge in [0.25, 0.3) is 0 Å². The molecule has 0 saturated heterocycles. The normalized spacial score (nSPS) is 15.3. The number of aryl methyl sites for hydroxylation is 1. The lowest BCUT2D eigenvalue weighted by Crippen LogP contribution is -2.32. The Balaban J connectivity index is 1.74. The van der Waals surface area contributed by atoms with Crippen LogP contribution in [-0.2, 0) is 23.0 Å². The van der Waals surface area contributed by atoms with Crippen molar-refractivity contribution in [2.24, 2.45) is 0 Å². The maximum absolute atomic E-state index is 12.8. The van der Waals surface area contributed by atoms with E-state index >= 15 is 0 Å². The van der Waals surface area contributed by atoms with E-state index in [1.165, 1.54) is 0 Å². The molecular weight excluding hydrogens is 390 g/mol. The molecule has 1 aliphatic rings. The molecule has 158 valence electrons. The number of hydrogen-bond acceptors (Lipinski definition) is 5. The molecule has 0 unspecified atom stereocenters. The second-order valence-corrected chi connectivity index (χ2v) is 9.37. The molecule has 29 heavy (non-hydrogen) atoms. The number of nitrogens with one attached hydrogen (secondary N) is 1. The molecule has 0 bridgehead atoms. The quantitative estimate of drug-likeness (QED) is 0.698. The second kappa shape index (κ2) is 8.63. The van der Waals surface area contributed by atoms with Crippen LogP contribution in [-0.4, -0.2) is 27.2 Å². The number of hydrogen-bond donors (Lipinski definition) is 1. The van der Waals surface area contributed by atoms with Gasteiger partial charge in [-0.05, 0) is 82.0 Å². The predicted octanol–water partition coefficient (Wildman–Crippen LogP) is 4.07. The highest BCUT2D eigenvalue weighted by Gasteiger charge is 2.27. The third kappa shape index (κ3) is 5.22. The van der Waals surface area contributed by atoms with Crippen LogP contribution in [0.4, 0.5) is 0 Å². The van der Waals surface area contributed by atoms with Crippen molar-refractivity contribution in [1.29, 1.82) is 0 Å². The lowest BCUT2D eigenvalue weighted by Gasteiger charge is -2.32. The summed E-state index contributed by atoms with van der Waals surface area (Å²) in [6, 6.07) is 10.5. The first kappa shape index (κ1) is 21.5. The number of sulfonamides is 1. The Bertz CT molecular complexity index is 969. The Kier molecular flexibility index (Phi) is 6.39. The van der Waals surface area contributed by atoms with E-state index in [0.717, 1.165) is 29.7 Å². The number of ether oxygens (including phenoxy) is 3. The van der Waals surface area contributed by atoms with Crippen LogP contribution in [0.1, 0.15) is 45.2 Å². The van der Waals surface area contributed by atoms with Crippen LogP contribution in [0.2, 0.25) is 0 Å². The van der Waals surface area contributed by atoms with Crippen LogP contribution in [0, 0.1) is 0 Å². The zero-order valence-electron chi connectivity index (χ0n) is 17.4. The van der Waals surface area contributed by atoms with E-state index in [4.69, 9.17) is 14.2 Å². The van der Waals surface area contributed by atoms with Gasteiger partial charge in [0, 0.05) is 6.54 Å². The second-order valence-electron chi connectivity index (χ2n) is 7.60. The molecule has 6 nitrogen and oxygen atoms in total. The summed E-state index contributed by atoms with van der Waals surface area (Å²) in [5.41, 5.74) is 1.49. The molecule has 0 aliphatic carbocycles. The minimum Gasteiger partial charge on any atom is -0.490 e. The molecule has 2 aromatic rings. The summed E-state index contributed by atoms with van der Waals surface area (Å²) in [7, 11) is -3.64. The van der Waals surface area contributed by atoms with Gasteiger partial charge in [0.15, 0.2) is 11.5 Å². The van der Waals surface area contributed by atoms with E-state index < -0.39 is 10.0 Å². The van der Waals surface area contributed by atoms with Crippen LogP contribution >= 0.6 is 0 Å². The van der Waals surface area contributed by atoms with Gasteiger partial charge in [-0.25, -0.2) is 13.1 Å². The topological polar surface area (TPSA) is 73.9 Å². The summed E-state index contributed by atoms with van der Waals surface area (Å²) in [6.45, 7) is 9.07. The maximum atomic E-state index is 12.8. The molecule has 7 heteroatoms. The minimum absolute atomic E-state index is 0.162. The molecule has 3 rings (SSSR count). The average molecular weight is 420 g/mol. The molecule has 0 fully saturated rings. The summed E-state index contributed by atoms with van der Waals surface area (Å²) in [5.74, 6) is 2.02. The van der Waals surface area contributed by atoms with E-state index in [1.807, 2.05) is 33.8 Å². The lowest BCUT2D eigenvalue weighted by molar-refractivity contribution is 0.0845. The molecule has 0 aromatic heterocycles. The van der Waals surface area contributed by atoms with Crippen LogP contribution in [0.25, 0.3) is 0 Å². The van der Waals surface area contributed by atoms with E-state index in [2.05, 4.69) is 4.72 Å². The van der Waals surface area contributed by atoms with Crippen LogP contribution in [0.15, 0.2) is 41.3 Å². The van der Waals surface area contributed by atoms with Crippen molar-refractivity contribution in [3.05, 3.63) is 47.5 Å². The van der Waals surface area contributed by atoms with Crippen molar-refractivity contribution >= 4 is 10.0 Å². The largest absolute Gasteiger partial charge is 0.490 e. The standard InChI is InChI=1S/C22H29NO5S/c1-5-26-20-9-7-16(13-21(20)27-6-2)15-23-29(24,25)18-8-10-19-17(14-18)11-12-22(3,4)28-19/h7-10,13-14,23H,5-6,11-12,15H2,1-4H3. The Labute approximate surface area is 173 Å². The van der Waals surface area contributed by atoms with Crippen molar-refractivity contribution in [1.82, 2.24) is 4.72 Å². The van der Waals surface area contributed by atoms with Gasteiger partial charge in [-0.1, -0.05) is 6.07 Å². The summed E-state index contributed by atoms with van der Waals surface area (Å²) in [5, 5.41) is 0. The monoisotopic (exact) mass is 419 g/mol. The fourth-order valence-corrected chi connectivity index (χ4v) is 4.34. The van der Waals surface area contributed by atoms with Crippen molar-refractivity contribution < 1.29 is 22.6 Å². The third-order valence-electron chi connectivity index (χ3n) is 4.80. The first-order valence-electron chi connectivity index (χ1n) is 9.94. The summed E-state index contributed by atoms with van der Waals surface area (Å²) in [6.07, 6.45) is 1.64. The van der Waals surface area contributed by atoms with Gasteiger partial charge < -0.3 is 14.2 Å². The van der Waals surface area contributed by atoms with Crippen molar-refractivity contribution in [2.75, 3.05) is 13.2 Å². The van der Waals surface area contributed by atoms with Gasteiger partial charge >= 0.3 is 0 Å². The van der Waals surface area contributed by atoms with Crippen molar-refractivity contribution in [3.8, 4) is 17.2 Å². The summed E-state index contributed by atoms with van der Waals surface area (Å²) >= 11 is 0. The Morgan fingerprint density at radius 3 is 2.48 bits per heavy atom. The molecule has 0 spiro atoms. The highest BCUT2D eigenvalue weighted by atomic mass is 32.2. The van der Waals surface area contributed by atoms with E-state index in [9.17, 15) is 8.42 Å². The fourth-order valence-electron chi connectivity index (χ4n) is 3.27. The molecule has 0 radical (unpaired) electrons. The first-order valence-corrected chi connectivity index (χ1v) is 11.4. The molecule has 1 aliphatic heterocycles. The highest BCUT2D eigenvalue weighted by molar-refractivity contribution is 7.89. The molecule has 0 amide bonds. The maximum Gasteiger partial charge on any atom is 0.240 e. The van der Waals surface area contributed by atoms with Gasteiger partial charge in [0.2, 0.25) is 10.0 Å². The molecule has 1 N–H and O–H groups in total. The van der Waals surface area contributed by atoms with Gasteiger partial charge in [-0.15, -0.1) is 0 Å². The van der Waals surface area contributed by atoms with Gasteiger partial charge in [-0.2, -0.15) is 0 Å². The van der Waals surface area contributed by atoms with Gasteiger partial charge in [0.05, 0.1) is 18.1 Å². The minimum atomic E-state index is -3.64. The van der Waals surface area contributed by atoms with Crippen LogP contribution < -0.4 is 18.9 Å². The molecule has 1 heterocycles. The zero-order chi connectivity index (χ0) is 21.1. The average Bonchev–Trinajstić information content (AvgIpc) is 2.67. The van der Waals surface area contributed by atoms with Crippen LogP contribution in [0.3, 0.4) is 0 Å². The third-order valence-corrected chi connectivity index (χ3v) is 6.20. The Morgan fingerprint density at radius 1 is 1.03 bits per heavy atom. The van der Waals surface area contributed by atoms with E-state index in [-0.39, 0.29) is 17.0 Å². The Hall–Kier alpha value is -2.25. The smallest absolute Gasteiger partial charge is 0.240 e.